The van der Waals surface area contributed by atoms with E-state index in [1.807, 2.05) is 0 Å². The highest BCUT2D eigenvalue weighted by Gasteiger charge is 2.09. The summed E-state index contributed by atoms with van der Waals surface area (Å²) in [6.45, 7) is 6.25. The zero-order chi connectivity index (χ0) is 12.8. The Balaban J connectivity index is 2.05. The van der Waals surface area contributed by atoms with Crippen molar-refractivity contribution in [3.63, 3.8) is 0 Å². The first kappa shape index (κ1) is 12.8. The summed E-state index contributed by atoms with van der Waals surface area (Å²) in [6, 6.07) is 8.39. The van der Waals surface area contributed by atoms with Crippen LogP contribution >= 0.6 is 0 Å². The highest BCUT2D eigenvalue weighted by atomic mass is 15.3. The van der Waals surface area contributed by atoms with Gasteiger partial charge in [0.2, 0.25) is 0 Å². The van der Waals surface area contributed by atoms with Crippen LogP contribution in [-0.4, -0.2) is 28.5 Å². The molecule has 1 aromatic heterocycles. The number of hydrogen-bond acceptors (Lipinski definition) is 3. The van der Waals surface area contributed by atoms with E-state index in [1.54, 1.807) is 0 Å². The van der Waals surface area contributed by atoms with Gasteiger partial charge in [-0.1, -0.05) is 36.8 Å². The van der Waals surface area contributed by atoms with E-state index in [2.05, 4.69) is 58.8 Å². The van der Waals surface area contributed by atoms with Gasteiger partial charge in [0.05, 0.1) is 5.69 Å². The molecule has 0 saturated heterocycles. The van der Waals surface area contributed by atoms with Gasteiger partial charge in [-0.15, -0.1) is 0 Å². The predicted molar refractivity (Wildman–Crippen MR) is 73.4 cm³/mol. The molecule has 4 nitrogen and oxygen atoms in total. The normalized spacial score (nSPS) is 10.8. The minimum Gasteiger partial charge on any atom is -0.316 e. The van der Waals surface area contributed by atoms with Gasteiger partial charge in [0.1, 0.15) is 5.69 Å². The van der Waals surface area contributed by atoms with Crippen LogP contribution in [0.3, 0.4) is 0 Å². The molecule has 1 aromatic carbocycles. The lowest BCUT2D eigenvalue weighted by molar-refractivity contribution is 0.665. The number of benzene rings is 1. The first-order chi connectivity index (χ1) is 8.81. The molecule has 0 unspecified atom stereocenters. The molecule has 2 rings (SSSR count). The van der Waals surface area contributed by atoms with Crippen molar-refractivity contribution >= 4 is 0 Å². The smallest absolute Gasteiger partial charge is 0.116 e. The van der Waals surface area contributed by atoms with Crippen molar-refractivity contribution in [1.29, 1.82) is 0 Å². The molecule has 2 aromatic rings. The SMILES string of the molecule is CCCNCCc1n[nH]nc1-c1ccc(C)cc1. The Labute approximate surface area is 108 Å². The van der Waals surface area contributed by atoms with Crippen molar-refractivity contribution in [2.45, 2.75) is 26.7 Å². The van der Waals surface area contributed by atoms with E-state index in [0.29, 0.717) is 0 Å². The van der Waals surface area contributed by atoms with E-state index in [9.17, 15) is 0 Å². The van der Waals surface area contributed by atoms with E-state index in [4.69, 9.17) is 0 Å². The lowest BCUT2D eigenvalue weighted by Crippen LogP contribution is -2.18. The summed E-state index contributed by atoms with van der Waals surface area (Å²) in [6.07, 6.45) is 2.06. The van der Waals surface area contributed by atoms with Crippen LogP contribution < -0.4 is 5.32 Å². The van der Waals surface area contributed by atoms with Gasteiger partial charge in [0, 0.05) is 18.5 Å². The fourth-order valence-corrected chi connectivity index (χ4v) is 1.88. The zero-order valence-electron chi connectivity index (χ0n) is 11.0. The fourth-order valence-electron chi connectivity index (χ4n) is 1.88. The van der Waals surface area contributed by atoms with Gasteiger partial charge in [-0.25, -0.2) is 0 Å². The molecule has 0 amide bonds. The number of H-pyrrole nitrogens is 1. The second-order valence-electron chi connectivity index (χ2n) is 4.48. The number of aromatic nitrogens is 3. The van der Waals surface area contributed by atoms with Gasteiger partial charge < -0.3 is 5.32 Å². The van der Waals surface area contributed by atoms with Gasteiger partial charge in [-0.3, -0.25) is 0 Å². The van der Waals surface area contributed by atoms with Gasteiger partial charge in [0.25, 0.3) is 0 Å². The van der Waals surface area contributed by atoms with Crippen molar-refractivity contribution in [2.75, 3.05) is 13.1 Å². The van der Waals surface area contributed by atoms with Gasteiger partial charge >= 0.3 is 0 Å². The minimum absolute atomic E-state index is 0.902. The van der Waals surface area contributed by atoms with Crippen molar-refractivity contribution in [3.8, 4) is 11.3 Å². The first-order valence-corrected chi connectivity index (χ1v) is 6.48. The molecule has 0 aliphatic carbocycles. The lowest BCUT2D eigenvalue weighted by atomic mass is 10.1. The molecule has 0 aliphatic heterocycles. The average Bonchev–Trinajstić information content (AvgIpc) is 2.84. The second kappa shape index (κ2) is 6.31. The largest absolute Gasteiger partial charge is 0.316 e. The fraction of sp³-hybridized carbons (Fsp3) is 0.429. The maximum Gasteiger partial charge on any atom is 0.116 e. The number of nitrogens with zero attached hydrogens (tertiary/aromatic N) is 2. The lowest BCUT2D eigenvalue weighted by Gasteiger charge is -2.03. The molecular formula is C14H20N4. The molecule has 2 N–H and O–H groups in total. The summed E-state index contributed by atoms with van der Waals surface area (Å²) in [5, 5.41) is 14.6. The number of aryl methyl sites for hydroxylation is 1. The van der Waals surface area contributed by atoms with Crippen molar-refractivity contribution < 1.29 is 0 Å². The maximum absolute atomic E-state index is 4.25. The quantitative estimate of drug-likeness (QED) is 0.767. The summed E-state index contributed by atoms with van der Waals surface area (Å²) in [4.78, 5) is 0. The monoisotopic (exact) mass is 244 g/mol. The summed E-state index contributed by atoms with van der Waals surface area (Å²) in [5.74, 6) is 0. The Bertz CT molecular complexity index is 473. The van der Waals surface area contributed by atoms with Gasteiger partial charge in [0.15, 0.2) is 0 Å². The standard InChI is InChI=1S/C14H20N4/c1-3-9-15-10-8-13-14(17-18-16-13)12-6-4-11(2)5-7-12/h4-7,15H,3,8-10H2,1-2H3,(H,16,17,18). The van der Waals surface area contributed by atoms with Crippen LogP contribution in [0.1, 0.15) is 24.6 Å². The molecule has 4 heteroatoms. The van der Waals surface area contributed by atoms with Crippen LogP contribution in [0, 0.1) is 6.92 Å². The molecular weight excluding hydrogens is 224 g/mol. The molecule has 1 heterocycles. The molecule has 0 spiro atoms. The summed E-state index contributed by atoms with van der Waals surface area (Å²) < 4.78 is 0. The number of nitrogens with one attached hydrogen (secondary N) is 2. The molecule has 0 radical (unpaired) electrons. The minimum atomic E-state index is 0.902. The van der Waals surface area contributed by atoms with Crippen LogP contribution in [0.15, 0.2) is 24.3 Å². The Morgan fingerprint density at radius 2 is 1.89 bits per heavy atom. The zero-order valence-corrected chi connectivity index (χ0v) is 11.0. The van der Waals surface area contributed by atoms with E-state index < -0.39 is 0 Å². The average molecular weight is 244 g/mol. The van der Waals surface area contributed by atoms with Crippen molar-refractivity contribution in [2.24, 2.45) is 0 Å². The van der Waals surface area contributed by atoms with E-state index in [1.165, 1.54) is 5.56 Å². The Morgan fingerprint density at radius 1 is 1.11 bits per heavy atom. The summed E-state index contributed by atoms with van der Waals surface area (Å²) in [5.41, 5.74) is 4.38. The summed E-state index contributed by atoms with van der Waals surface area (Å²) >= 11 is 0. The van der Waals surface area contributed by atoms with Crippen LogP contribution in [-0.2, 0) is 6.42 Å². The second-order valence-corrected chi connectivity index (χ2v) is 4.48. The molecule has 0 atom stereocenters. The molecule has 0 saturated carbocycles. The van der Waals surface area contributed by atoms with E-state index >= 15 is 0 Å². The molecule has 96 valence electrons. The Morgan fingerprint density at radius 3 is 2.61 bits per heavy atom. The third-order valence-corrected chi connectivity index (χ3v) is 2.91. The molecule has 0 aliphatic rings. The maximum atomic E-state index is 4.25. The van der Waals surface area contributed by atoms with Crippen LogP contribution in [0.2, 0.25) is 0 Å². The van der Waals surface area contributed by atoms with Crippen LogP contribution in [0.5, 0.6) is 0 Å². The molecule has 0 bridgehead atoms. The Kier molecular flexibility index (Phi) is 4.47. The van der Waals surface area contributed by atoms with Crippen LogP contribution in [0.4, 0.5) is 0 Å². The topological polar surface area (TPSA) is 53.6 Å². The number of aromatic amines is 1. The van der Waals surface area contributed by atoms with E-state index in [-0.39, 0.29) is 0 Å². The molecule has 18 heavy (non-hydrogen) atoms. The predicted octanol–water partition coefficient (Wildman–Crippen LogP) is 2.32. The third-order valence-electron chi connectivity index (χ3n) is 2.91. The van der Waals surface area contributed by atoms with Crippen molar-refractivity contribution in [1.82, 2.24) is 20.7 Å². The van der Waals surface area contributed by atoms with Gasteiger partial charge in [-0.05, 0) is 19.9 Å². The summed E-state index contributed by atoms with van der Waals surface area (Å²) in [7, 11) is 0. The Hall–Kier alpha value is -1.68. The highest BCUT2D eigenvalue weighted by molar-refractivity contribution is 5.61. The van der Waals surface area contributed by atoms with Crippen LogP contribution in [0.25, 0.3) is 11.3 Å². The van der Waals surface area contributed by atoms with E-state index in [0.717, 1.165) is 42.9 Å². The van der Waals surface area contributed by atoms with Gasteiger partial charge in [-0.2, -0.15) is 15.4 Å². The third kappa shape index (κ3) is 3.17. The highest BCUT2D eigenvalue weighted by Crippen LogP contribution is 2.20. The van der Waals surface area contributed by atoms with Crippen molar-refractivity contribution in [3.05, 3.63) is 35.5 Å². The number of rotatable bonds is 6. The first-order valence-electron chi connectivity index (χ1n) is 6.48. The number of hydrogen-bond donors (Lipinski definition) is 2. The molecule has 0 fully saturated rings.